The molecule has 0 radical (unpaired) electrons. The zero-order valence-corrected chi connectivity index (χ0v) is 8.04. The van der Waals surface area contributed by atoms with Crippen LogP contribution >= 0.6 is 0 Å². The summed E-state index contributed by atoms with van der Waals surface area (Å²) >= 11 is 0. The summed E-state index contributed by atoms with van der Waals surface area (Å²) in [4.78, 5) is 0. The number of hydrogen-bond acceptors (Lipinski definition) is 1. The Morgan fingerprint density at radius 2 is 2.23 bits per heavy atom. The van der Waals surface area contributed by atoms with Crippen LogP contribution in [0.4, 0.5) is 0 Å². The van der Waals surface area contributed by atoms with Crippen LogP contribution in [0.3, 0.4) is 0 Å². The van der Waals surface area contributed by atoms with E-state index in [-0.39, 0.29) is 5.41 Å². The number of hydrogen-bond donors (Lipinski definition) is 1. The molecule has 0 amide bonds. The van der Waals surface area contributed by atoms with Crippen LogP contribution in [-0.2, 0) is 0 Å². The number of nitrogens with zero attached hydrogens (tertiary/aromatic N) is 1. The van der Waals surface area contributed by atoms with Gasteiger partial charge in [0.2, 0.25) is 0 Å². The van der Waals surface area contributed by atoms with E-state index in [0.29, 0.717) is 0 Å². The van der Waals surface area contributed by atoms with Crippen LogP contribution in [0.5, 0.6) is 0 Å². The van der Waals surface area contributed by atoms with E-state index in [2.05, 4.69) is 48.3 Å². The van der Waals surface area contributed by atoms with Crippen molar-refractivity contribution in [2.75, 3.05) is 0 Å². The molecule has 0 aliphatic heterocycles. The predicted molar refractivity (Wildman–Crippen MR) is 56.4 cm³/mol. The predicted octanol–water partition coefficient (Wildman–Crippen LogP) is 2.20. The first kappa shape index (κ1) is 8.48. The third-order valence-corrected chi connectivity index (χ3v) is 2.74. The Kier molecular flexibility index (Phi) is 1.95. The van der Waals surface area contributed by atoms with Gasteiger partial charge in [-0.1, -0.05) is 0 Å². The van der Waals surface area contributed by atoms with Gasteiger partial charge in [-0.25, -0.2) is 0 Å². The van der Waals surface area contributed by atoms with Gasteiger partial charge in [-0.15, -0.1) is 0 Å². The van der Waals surface area contributed by atoms with Crippen LogP contribution in [0.25, 0.3) is 12.2 Å². The minimum absolute atomic E-state index is 0.194. The molecule has 1 aliphatic carbocycles. The fraction of sp³-hybridized carbons (Fsp3) is 0.400. The van der Waals surface area contributed by atoms with Crippen molar-refractivity contribution in [2.45, 2.75) is 20.3 Å². The number of aromatic amines is 1. The zero-order valence-electron chi connectivity index (χ0n) is 8.04. The first-order valence-corrected chi connectivity index (χ1v) is 4.65. The van der Waals surface area contributed by atoms with Crippen LogP contribution < -0.4 is 0 Å². The van der Waals surface area contributed by atoms with E-state index in [1.54, 1.807) is 0 Å². The quantitative estimate of drug-likeness (QED) is 0.691. The first-order chi connectivity index (χ1) is 6.23. The Balaban J connectivity index is 2.43. The van der Waals surface area contributed by atoms with Crippen molar-refractivity contribution in [3.05, 3.63) is 23.3 Å². The van der Waals surface area contributed by atoms with Crippen LogP contribution in [0.1, 0.15) is 31.4 Å². The Labute approximate surface area is 79.0 Å². The minimum atomic E-state index is 0.194. The van der Waals surface area contributed by atoms with E-state index in [9.17, 15) is 0 Å². The fourth-order valence-corrected chi connectivity index (χ4v) is 1.42. The molecule has 1 unspecified atom stereocenters. The van der Waals surface area contributed by atoms with Crippen LogP contribution in [-0.4, -0.2) is 17.2 Å². The molecule has 66 valence electrons. The summed E-state index contributed by atoms with van der Waals surface area (Å²) in [6, 6.07) is 0. The summed E-state index contributed by atoms with van der Waals surface area (Å²) in [5, 5.41) is 6.96. The van der Waals surface area contributed by atoms with E-state index in [1.807, 2.05) is 7.05 Å². The topological polar surface area (TPSA) is 28.7 Å². The maximum absolute atomic E-state index is 3.99. The normalized spacial score (nSPS) is 25.4. The standard InChI is InChI=1S/C10H13BN2/c1-3-10(2)6-4-8-9(5-7-10)12-13-11-8/h4-7,12H,3H2,1-2H3. The van der Waals surface area contributed by atoms with Gasteiger partial charge in [0, 0.05) is 0 Å². The molecule has 0 aromatic carbocycles. The summed E-state index contributed by atoms with van der Waals surface area (Å²) < 4.78 is 0. The van der Waals surface area contributed by atoms with Gasteiger partial charge in [-0.2, -0.15) is 0 Å². The molecule has 1 aromatic rings. The Bertz CT molecular complexity index is 334. The van der Waals surface area contributed by atoms with Gasteiger partial charge in [0.1, 0.15) is 0 Å². The van der Waals surface area contributed by atoms with Crippen molar-refractivity contribution in [1.29, 1.82) is 0 Å². The maximum atomic E-state index is 3.99. The summed E-state index contributed by atoms with van der Waals surface area (Å²) in [5.74, 6) is 0. The molecule has 2 nitrogen and oxygen atoms in total. The Morgan fingerprint density at radius 3 is 3.00 bits per heavy atom. The summed E-state index contributed by atoms with van der Waals surface area (Å²) in [6.45, 7) is 4.44. The van der Waals surface area contributed by atoms with Crippen molar-refractivity contribution in [3.63, 3.8) is 0 Å². The van der Waals surface area contributed by atoms with Gasteiger partial charge in [0.25, 0.3) is 0 Å². The Morgan fingerprint density at radius 1 is 1.46 bits per heavy atom. The van der Waals surface area contributed by atoms with Gasteiger partial charge in [0.15, 0.2) is 0 Å². The molecule has 1 aromatic heterocycles. The van der Waals surface area contributed by atoms with Gasteiger partial charge in [-0.3, -0.25) is 0 Å². The van der Waals surface area contributed by atoms with Gasteiger partial charge in [-0.05, 0) is 0 Å². The SMILES string of the molecule is CCC1(C)C=Cc2bn[nH]c2C=C1. The zero-order chi connectivity index (χ0) is 9.31. The molecule has 0 spiro atoms. The van der Waals surface area contributed by atoms with E-state index >= 15 is 0 Å². The van der Waals surface area contributed by atoms with E-state index in [4.69, 9.17) is 0 Å². The number of fused-ring (bicyclic) bond motifs is 1. The molecule has 1 aliphatic rings. The molecule has 1 heterocycles. The number of allylic oxidation sites excluding steroid dienone is 2. The number of rotatable bonds is 1. The monoisotopic (exact) mass is 172 g/mol. The van der Waals surface area contributed by atoms with Crippen LogP contribution in [0.15, 0.2) is 12.2 Å². The van der Waals surface area contributed by atoms with E-state index in [1.165, 1.54) is 5.46 Å². The molecular formula is C10H13BN2. The van der Waals surface area contributed by atoms with Gasteiger partial charge < -0.3 is 0 Å². The van der Waals surface area contributed by atoms with Crippen molar-refractivity contribution in [1.82, 2.24) is 10.1 Å². The van der Waals surface area contributed by atoms with Crippen molar-refractivity contribution >= 4 is 19.2 Å². The molecule has 0 fully saturated rings. The van der Waals surface area contributed by atoms with Crippen LogP contribution in [0.2, 0.25) is 0 Å². The second kappa shape index (κ2) is 2.98. The molecule has 0 saturated carbocycles. The average Bonchev–Trinajstić information content (AvgIpc) is 2.54. The molecular weight excluding hydrogens is 159 g/mol. The number of aromatic nitrogens is 2. The third-order valence-electron chi connectivity index (χ3n) is 2.74. The number of nitrogens with one attached hydrogen (secondary N) is 1. The van der Waals surface area contributed by atoms with Crippen molar-refractivity contribution in [2.24, 2.45) is 5.41 Å². The van der Waals surface area contributed by atoms with Crippen LogP contribution in [0, 0.1) is 5.41 Å². The molecule has 1 N–H and O–H groups in total. The Hall–Kier alpha value is -1.12. The van der Waals surface area contributed by atoms with Gasteiger partial charge >= 0.3 is 78.3 Å². The molecule has 2 rings (SSSR count). The van der Waals surface area contributed by atoms with E-state index < -0.39 is 0 Å². The molecule has 0 bridgehead atoms. The fourth-order valence-electron chi connectivity index (χ4n) is 1.42. The first-order valence-electron chi connectivity index (χ1n) is 4.65. The average molecular weight is 172 g/mol. The van der Waals surface area contributed by atoms with E-state index in [0.717, 1.165) is 12.1 Å². The molecule has 13 heavy (non-hydrogen) atoms. The summed E-state index contributed by atoms with van der Waals surface area (Å²) in [5.41, 5.74) is 2.47. The molecule has 3 heteroatoms. The number of H-pyrrole nitrogens is 1. The summed E-state index contributed by atoms with van der Waals surface area (Å²) in [6.07, 6.45) is 9.85. The van der Waals surface area contributed by atoms with Crippen molar-refractivity contribution in [3.8, 4) is 0 Å². The third kappa shape index (κ3) is 1.51. The summed E-state index contributed by atoms with van der Waals surface area (Å²) in [7, 11) is 1.86. The van der Waals surface area contributed by atoms with Gasteiger partial charge in [0.05, 0.1) is 0 Å². The second-order valence-electron chi connectivity index (χ2n) is 3.77. The second-order valence-corrected chi connectivity index (χ2v) is 3.77. The molecule has 0 saturated heterocycles. The van der Waals surface area contributed by atoms with Crippen molar-refractivity contribution < 1.29 is 0 Å². The molecule has 1 atom stereocenters.